The smallest absolute Gasteiger partial charge is 0.325 e. The maximum atomic E-state index is 12.0. The van der Waals surface area contributed by atoms with Crippen LogP contribution in [0.15, 0.2) is 24.3 Å². The monoisotopic (exact) mass is 357 g/mol. The highest BCUT2D eigenvalue weighted by Gasteiger charge is 2.21. The van der Waals surface area contributed by atoms with Gasteiger partial charge in [0.1, 0.15) is 12.6 Å². The third-order valence-corrected chi connectivity index (χ3v) is 3.26. The second-order valence-corrected chi connectivity index (χ2v) is 4.89. The Morgan fingerprint density at radius 2 is 2.00 bits per heavy atom. The molecule has 24 heavy (non-hydrogen) atoms. The molecule has 3 N–H and O–H groups in total. The van der Waals surface area contributed by atoms with Crippen molar-refractivity contribution in [2.75, 3.05) is 38.7 Å². The van der Waals surface area contributed by atoms with Crippen LogP contribution in [0.3, 0.4) is 0 Å². The summed E-state index contributed by atoms with van der Waals surface area (Å²) in [5.74, 6) is -1.16. The molecule has 132 valence electrons. The largest absolute Gasteiger partial charge is 0.468 e. The summed E-state index contributed by atoms with van der Waals surface area (Å²) < 4.78 is 9.80. The van der Waals surface area contributed by atoms with E-state index in [1.54, 1.807) is 24.3 Å². The molecule has 1 aliphatic heterocycles. The van der Waals surface area contributed by atoms with Gasteiger partial charge in [0.15, 0.2) is 0 Å². The van der Waals surface area contributed by atoms with Crippen molar-refractivity contribution in [2.24, 2.45) is 0 Å². The lowest BCUT2D eigenvalue weighted by Crippen LogP contribution is -2.45. The predicted octanol–water partition coefficient (Wildman–Crippen LogP) is -0.0619. The van der Waals surface area contributed by atoms with Crippen LogP contribution in [0, 0.1) is 0 Å². The SMILES string of the molecule is COC(=O)CNC(=O)c1ccc(NC(=O)C2CNCCO2)cc1.Cl. The van der Waals surface area contributed by atoms with E-state index in [0.717, 1.165) is 6.54 Å². The number of hydrogen-bond acceptors (Lipinski definition) is 6. The first kappa shape index (κ1) is 19.9. The van der Waals surface area contributed by atoms with Crippen LogP contribution in [-0.4, -0.2) is 57.2 Å². The Balaban J connectivity index is 0.00000288. The van der Waals surface area contributed by atoms with Crippen molar-refractivity contribution in [3.63, 3.8) is 0 Å². The van der Waals surface area contributed by atoms with Crippen molar-refractivity contribution >= 4 is 35.9 Å². The highest BCUT2D eigenvalue weighted by Crippen LogP contribution is 2.11. The number of halogens is 1. The van der Waals surface area contributed by atoms with Gasteiger partial charge in [0.25, 0.3) is 11.8 Å². The van der Waals surface area contributed by atoms with Gasteiger partial charge < -0.3 is 25.4 Å². The molecule has 1 unspecified atom stereocenters. The molecule has 0 spiro atoms. The van der Waals surface area contributed by atoms with Crippen molar-refractivity contribution in [3.8, 4) is 0 Å². The third kappa shape index (κ3) is 5.80. The van der Waals surface area contributed by atoms with Gasteiger partial charge in [-0.15, -0.1) is 12.4 Å². The highest BCUT2D eigenvalue weighted by atomic mass is 35.5. The lowest BCUT2D eigenvalue weighted by Gasteiger charge is -2.22. The number of rotatable bonds is 5. The van der Waals surface area contributed by atoms with Crippen molar-refractivity contribution < 1.29 is 23.9 Å². The van der Waals surface area contributed by atoms with Crippen molar-refractivity contribution in [3.05, 3.63) is 29.8 Å². The van der Waals surface area contributed by atoms with Gasteiger partial charge in [0.05, 0.1) is 13.7 Å². The van der Waals surface area contributed by atoms with Gasteiger partial charge in [-0.1, -0.05) is 0 Å². The Kier molecular flexibility index (Phi) is 8.17. The van der Waals surface area contributed by atoms with Gasteiger partial charge in [0.2, 0.25) is 0 Å². The number of ether oxygens (including phenoxy) is 2. The number of carbonyl (C=O) groups excluding carboxylic acids is 3. The average molecular weight is 358 g/mol. The molecule has 1 atom stereocenters. The van der Waals surface area contributed by atoms with E-state index in [4.69, 9.17) is 4.74 Å². The van der Waals surface area contributed by atoms with E-state index in [-0.39, 0.29) is 24.9 Å². The molecular formula is C15H20ClN3O5. The summed E-state index contributed by atoms with van der Waals surface area (Å²) in [7, 11) is 1.25. The summed E-state index contributed by atoms with van der Waals surface area (Å²) in [4.78, 5) is 34.8. The van der Waals surface area contributed by atoms with Crippen molar-refractivity contribution in [2.45, 2.75) is 6.10 Å². The van der Waals surface area contributed by atoms with E-state index in [1.807, 2.05) is 0 Å². The topological polar surface area (TPSA) is 106 Å². The van der Waals surface area contributed by atoms with E-state index in [9.17, 15) is 14.4 Å². The summed E-state index contributed by atoms with van der Waals surface area (Å²) in [6, 6.07) is 6.34. The number of hydrogen-bond donors (Lipinski definition) is 3. The normalized spacial score (nSPS) is 16.5. The molecular weight excluding hydrogens is 338 g/mol. The fraction of sp³-hybridized carbons (Fsp3) is 0.400. The van der Waals surface area contributed by atoms with Crippen LogP contribution in [0.5, 0.6) is 0 Å². The van der Waals surface area contributed by atoms with Gasteiger partial charge in [-0.2, -0.15) is 0 Å². The van der Waals surface area contributed by atoms with Crippen LogP contribution in [0.2, 0.25) is 0 Å². The summed E-state index contributed by atoms with van der Waals surface area (Å²) >= 11 is 0. The number of anilines is 1. The number of carbonyl (C=O) groups is 3. The third-order valence-electron chi connectivity index (χ3n) is 3.26. The zero-order chi connectivity index (χ0) is 16.7. The predicted molar refractivity (Wildman–Crippen MR) is 89.3 cm³/mol. The highest BCUT2D eigenvalue weighted by molar-refractivity contribution is 5.97. The number of methoxy groups -OCH3 is 1. The van der Waals surface area contributed by atoms with Crippen LogP contribution in [-0.2, 0) is 19.1 Å². The van der Waals surface area contributed by atoms with Crippen molar-refractivity contribution in [1.82, 2.24) is 10.6 Å². The zero-order valence-corrected chi connectivity index (χ0v) is 14.0. The lowest BCUT2D eigenvalue weighted by atomic mass is 10.2. The molecule has 1 aromatic carbocycles. The second kappa shape index (κ2) is 9.86. The molecule has 1 aliphatic rings. The Morgan fingerprint density at radius 1 is 1.29 bits per heavy atom. The quantitative estimate of drug-likeness (QED) is 0.637. The molecule has 2 amide bonds. The van der Waals surface area contributed by atoms with E-state index < -0.39 is 18.0 Å². The number of esters is 1. The van der Waals surface area contributed by atoms with E-state index >= 15 is 0 Å². The van der Waals surface area contributed by atoms with Crippen LogP contribution < -0.4 is 16.0 Å². The first-order valence-corrected chi connectivity index (χ1v) is 7.18. The molecule has 0 saturated carbocycles. The molecule has 0 radical (unpaired) electrons. The maximum absolute atomic E-state index is 12.0. The average Bonchev–Trinajstić information content (AvgIpc) is 2.60. The number of benzene rings is 1. The zero-order valence-electron chi connectivity index (χ0n) is 13.2. The second-order valence-electron chi connectivity index (χ2n) is 4.89. The molecule has 0 aromatic heterocycles. The molecule has 9 heteroatoms. The Labute approximate surface area is 145 Å². The van der Waals surface area contributed by atoms with Crippen molar-refractivity contribution in [1.29, 1.82) is 0 Å². The van der Waals surface area contributed by atoms with Crippen LogP contribution in [0.4, 0.5) is 5.69 Å². The van der Waals surface area contributed by atoms with Crippen LogP contribution >= 0.6 is 12.4 Å². The number of nitrogens with one attached hydrogen (secondary N) is 3. The Bertz CT molecular complexity index is 573. The number of morpholine rings is 1. The summed E-state index contributed by atoms with van der Waals surface area (Å²) in [6.07, 6.45) is -0.521. The molecule has 1 fully saturated rings. The Morgan fingerprint density at radius 3 is 2.58 bits per heavy atom. The minimum atomic E-state index is -0.525. The molecule has 1 saturated heterocycles. The minimum absolute atomic E-state index is 0. The molecule has 1 aromatic rings. The fourth-order valence-electron chi connectivity index (χ4n) is 1.99. The van der Waals surface area contributed by atoms with E-state index in [2.05, 4.69) is 20.7 Å². The van der Waals surface area contributed by atoms with Crippen LogP contribution in [0.25, 0.3) is 0 Å². The molecule has 8 nitrogen and oxygen atoms in total. The Hall–Kier alpha value is -2.16. The fourth-order valence-corrected chi connectivity index (χ4v) is 1.99. The molecule has 1 heterocycles. The molecule has 0 aliphatic carbocycles. The van der Waals surface area contributed by atoms with Crippen LogP contribution in [0.1, 0.15) is 10.4 Å². The molecule has 2 rings (SSSR count). The van der Waals surface area contributed by atoms with Gasteiger partial charge in [-0.25, -0.2) is 0 Å². The van der Waals surface area contributed by atoms with Gasteiger partial charge >= 0.3 is 5.97 Å². The summed E-state index contributed by atoms with van der Waals surface area (Å²) in [5, 5.41) is 8.24. The minimum Gasteiger partial charge on any atom is -0.468 e. The molecule has 0 bridgehead atoms. The summed E-state index contributed by atoms with van der Waals surface area (Å²) in [5.41, 5.74) is 0.941. The first-order chi connectivity index (χ1) is 11.1. The number of amides is 2. The van der Waals surface area contributed by atoms with Gasteiger partial charge in [-0.3, -0.25) is 14.4 Å². The standard InChI is InChI=1S/C15H19N3O5.ClH/c1-22-13(19)9-17-14(20)10-2-4-11(5-3-10)18-15(21)12-8-16-6-7-23-12;/h2-5,12,16H,6-9H2,1H3,(H,17,20)(H,18,21);1H. The van der Waals surface area contributed by atoms with Gasteiger partial charge in [0, 0.05) is 24.3 Å². The van der Waals surface area contributed by atoms with E-state index in [1.165, 1.54) is 7.11 Å². The lowest BCUT2D eigenvalue weighted by molar-refractivity contribution is -0.139. The van der Waals surface area contributed by atoms with E-state index in [0.29, 0.717) is 24.4 Å². The first-order valence-electron chi connectivity index (χ1n) is 7.18. The summed E-state index contributed by atoms with van der Waals surface area (Å²) in [6.45, 7) is 1.51. The van der Waals surface area contributed by atoms with Gasteiger partial charge in [-0.05, 0) is 24.3 Å². The maximum Gasteiger partial charge on any atom is 0.325 e.